The number of nitro groups is 1. The van der Waals surface area contributed by atoms with Crippen molar-refractivity contribution in [3.63, 3.8) is 0 Å². The standard InChI is InChI=1S/C34H25Cl2N5O5S2/c1-20(31(42)40-34-39-29(19-47-34)26-15-14-23(35)17-27(26)36)48-25-12-7-11-24(18-25)37-33(44)28(38-32(43)21-8-3-2-4-9-21)16-22-10-5-6-13-30(22)41(45)46/h2-20H,1H3,(H,37,44)(H,38,43)(H,39,40,42)/b28-16+. The van der Waals surface area contributed by atoms with Gasteiger partial charge in [-0.25, -0.2) is 4.98 Å². The summed E-state index contributed by atoms with van der Waals surface area (Å²) in [6, 6.07) is 26.1. The van der Waals surface area contributed by atoms with E-state index in [1.807, 2.05) is 0 Å². The Hall–Kier alpha value is -5.01. The molecule has 5 aromatic rings. The molecule has 0 radical (unpaired) electrons. The number of hydrogen-bond donors (Lipinski definition) is 3. The van der Waals surface area contributed by atoms with Crippen LogP contribution in [0.3, 0.4) is 0 Å². The number of halogens is 2. The average molecular weight is 719 g/mol. The summed E-state index contributed by atoms with van der Waals surface area (Å²) in [4.78, 5) is 55.7. The van der Waals surface area contributed by atoms with Crippen molar-refractivity contribution in [3.05, 3.63) is 139 Å². The lowest BCUT2D eigenvalue weighted by Gasteiger charge is -2.13. The molecule has 1 heterocycles. The Balaban J connectivity index is 1.28. The number of thiazole rings is 1. The molecule has 0 aliphatic heterocycles. The number of carbonyl (C=O) groups is 3. The predicted molar refractivity (Wildman–Crippen MR) is 192 cm³/mol. The van der Waals surface area contributed by atoms with Gasteiger partial charge in [-0.15, -0.1) is 23.1 Å². The minimum absolute atomic E-state index is 0.133. The lowest BCUT2D eigenvalue weighted by Crippen LogP contribution is -2.30. The molecule has 0 spiro atoms. The molecule has 3 amide bonds. The molecule has 3 N–H and O–H groups in total. The van der Waals surface area contributed by atoms with Crippen LogP contribution in [0, 0.1) is 10.1 Å². The molecule has 4 aromatic carbocycles. The summed E-state index contributed by atoms with van der Waals surface area (Å²) in [5, 5.41) is 22.4. The number of anilines is 2. The van der Waals surface area contributed by atoms with Crippen LogP contribution in [0.25, 0.3) is 17.3 Å². The lowest BCUT2D eigenvalue weighted by atomic mass is 10.1. The third-order valence-corrected chi connectivity index (χ3v) is 9.08. The summed E-state index contributed by atoms with van der Waals surface area (Å²) >= 11 is 14.8. The molecule has 0 bridgehead atoms. The van der Waals surface area contributed by atoms with Crippen molar-refractivity contribution in [2.24, 2.45) is 0 Å². The molecule has 0 saturated carbocycles. The van der Waals surface area contributed by atoms with Gasteiger partial charge in [-0.2, -0.15) is 0 Å². The molecule has 0 saturated heterocycles. The first-order chi connectivity index (χ1) is 23.1. The molecule has 48 heavy (non-hydrogen) atoms. The fraction of sp³-hybridized carbons (Fsp3) is 0.0588. The summed E-state index contributed by atoms with van der Waals surface area (Å²) < 4.78 is 0. The van der Waals surface area contributed by atoms with Gasteiger partial charge in [0.1, 0.15) is 5.70 Å². The topological polar surface area (TPSA) is 143 Å². The molecular weight excluding hydrogens is 693 g/mol. The number of carbonyl (C=O) groups excluding carboxylic acids is 3. The number of hydrogen-bond acceptors (Lipinski definition) is 8. The van der Waals surface area contributed by atoms with Gasteiger partial charge in [-0.05, 0) is 67.6 Å². The number of rotatable bonds is 11. The molecule has 10 nitrogen and oxygen atoms in total. The SMILES string of the molecule is CC(Sc1cccc(NC(=O)/C(=C\c2ccccc2[N+](=O)[O-])NC(=O)c2ccccc2)c1)C(=O)Nc1nc(-c2ccc(Cl)cc2Cl)cs1. The van der Waals surface area contributed by atoms with Crippen molar-refractivity contribution < 1.29 is 19.3 Å². The highest BCUT2D eigenvalue weighted by Crippen LogP contribution is 2.33. The van der Waals surface area contributed by atoms with Crippen LogP contribution >= 0.6 is 46.3 Å². The monoisotopic (exact) mass is 717 g/mol. The molecular formula is C34H25Cl2N5O5S2. The van der Waals surface area contributed by atoms with Crippen LogP contribution < -0.4 is 16.0 Å². The summed E-state index contributed by atoms with van der Waals surface area (Å²) in [7, 11) is 0. The number of thioether (sulfide) groups is 1. The highest BCUT2D eigenvalue weighted by Gasteiger charge is 2.20. The normalized spacial score (nSPS) is 11.8. The smallest absolute Gasteiger partial charge is 0.276 e. The summed E-state index contributed by atoms with van der Waals surface area (Å²) in [5.41, 5.74) is 1.68. The molecule has 14 heteroatoms. The Morgan fingerprint density at radius 2 is 1.69 bits per heavy atom. The zero-order valence-corrected chi connectivity index (χ0v) is 28.1. The summed E-state index contributed by atoms with van der Waals surface area (Å²) in [6.07, 6.45) is 1.25. The molecule has 0 aliphatic carbocycles. The second kappa shape index (κ2) is 15.7. The van der Waals surface area contributed by atoms with Gasteiger partial charge in [0, 0.05) is 38.2 Å². The van der Waals surface area contributed by atoms with Gasteiger partial charge in [-0.1, -0.05) is 59.6 Å². The molecule has 1 unspecified atom stereocenters. The summed E-state index contributed by atoms with van der Waals surface area (Å²) in [6.45, 7) is 1.74. The van der Waals surface area contributed by atoms with Crippen LogP contribution in [-0.2, 0) is 9.59 Å². The minimum Gasteiger partial charge on any atom is -0.321 e. The molecule has 0 aliphatic rings. The van der Waals surface area contributed by atoms with E-state index < -0.39 is 22.0 Å². The maximum atomic E-state index is 13.5. The third-order valence-electron chi connectivity index (χ3n) is 6.68. The van der Waals surface area contributed by atoms with Crippen molar-refractivity contribution in [1.29, 1.82) is 0 Å². The zero-order chi connectivity index (χ0) is 34.2. The Labute approximate surface area is 293 Å². The van der Waals surface area contributed by atoms with Gasteiger partial charge in [0.2, 0.25) is 5.91 Å². The Morgan fingerprint density at radius 3 is 2.44 bits per heavy atom. The van der Waals surface area contributed by atoms with Gasteiger partial charge in [-0.3, -0.25) is 24.5 Å². The maximum Gasteiger partial charge on any atom is 0.276 e. The number of nitrogens with zero attached hydrogens (tertiary/aromatic N) is 2. The van der Waals surface area contributed by atoms with Gasteiger partial charge >= 0.3 is 0 Å². The predicted octanol–water partition coefficient (Wildman–Crippen LogP) is 8.55. The van der Waals surface area contributed by atoms with Crippen molar-refractivity contribution in [3.8, 4) is 11.3 Å². The first kappa shape index (κ1) is 34.3. The van der Waals surface area contributed by atoms with E-state index in [4.69, 9.17) is 23.2 Å². The van der Waals surface area contributed by atoms with Crippen LogP contribution in [0.2, 0.25) is 10.0 Å². The minimum atomic E-state index is -0.703. The molecule has 1 atom stereocenters. The molecule has 5 rings (SSSR count). The fourth-order valence-corrected chi connectivity index (χ4v) is 6.48. The number of nitro benzene ring substituents is 1. The van der Waals surface area contributed by atoms with Crippen molar-refractivity contribution >= 4 is 86.6 Å². The van der Waals surface area contributed by atoms with E-state index in [0.29, 0.717) is 42.6 Å². The fourth-order valence-electron chi connectivity index (χ4n) is 4.34. The highest BCUT2D eigenvalue weighted by atomic mass is 35.5. The molecule has 0 fully saturated rings. The van der Waals surface area contributed by atoms with E-state index in [2.05, 4.69) is 20.9 Å². The van der Waals surface area contributed by atoms with Gasteiger partial charge in [0.25, 0.3) is 17.5 Å². The van der Waals surface area contributed by atoms with Gasteiger partial charge in [0.05, 0.1) is 26.5 Å². The van der Waals surface area contributed by atoms with Gasteiger partial charge in [0.15, 0.2) is 5.13 Å². The molecule has 242 valence electrons. The van der Waals surface area contributed by atoms with E-state index in [9.17, 15) is 24.5 Å². The van der Waals surface area contributed by atoms with E-state index >= 15 is 0 Å². The largest absolute Gasteiger partial charge is 0.321 e. The zero-order valence-electron chi connectivity index (χ0n) is 25.0. The van der Waals surface area contributed by atoms with Crippen molar-refractivity contribution in [2.75, 3.05) is 10.6 Å². The number of amides is 3. The van der Waals surface area contributed by atoms with E-state index in [1.165, 1.54) is 47.4 Å². The average Bonchev–Trinajstić information content (AvgIpc) is 3.53. The van der Waals surface area contributed by atoms with E-state index in [0.717, 1.165) is 0 Å². The second-order valence-corrected chi connectivity index (χ2v) is 13.2. The maximum absolute atomic E-state index is 13.5. The van der Waals surface area contributed by atoms with Gasteiger partial charge < -0.3 is 16.0 Å². The summed E-state index contributed by atoms with van der Waals surface area (Å²) in [5.74, 6) is -1.55. The number of para-hydroxylation sites is 1. The Kier molecular flexibility index (Phi) is 11.2. The quantitative estimate of drug-likeness (QED) is 0.0538. The van der Waals surface area contributed by atoms with Crippen LogP contribution in [0.4, 0.5) is 16.5 Å². The number of benzene rings is 4. The number of nitrogens with one attached hydrogen (secondary N) is 3. The first-order valence-corrected chi connectivity index (χ1v) is 16.7. The van der Waals surface area contributed by atoms with Crippen molar-refractivity contribution in [2.45, 2.75) is 17.1 Å². The highest BCUT2D eigenvalue weighted by molar-refractivity contribution is 8.00. The molecule has 1 aromatic heterocycles. The van der Waals surface area contributed by atoms with Crippen molar-refractivity contribution in [1.82, 2.24) is 10.3 Å². The lowest BCUT2D eigenvalue weighted by molar-refractivity contribution is -0.385. The van der Waals surface area contributed by atoms with E-state index in [1.54, 1.807) is 91.2 Å². The van der Waals surface area contributed by atoms with Crippen LogP contribution in [0.1, 0.15) is 22.8 Å². The van der Waals surface area contributed by atoms with Crippen LogP contribution in [0.15, 0.2) is 113 Å². The third kappa shape index (κ3) is 8.87. The van der Waals surface area contributed by atoms with E-state index in [-0.39, 0.29) is 22.9 Å². The number of aromatic nitrogens is 1. The Morgan fingerprint density at radius 1 is 0.938 bits per heavy atom. The first-order valence-electron chi connectivity index (χ1n) is 14.2. The second-order valence-electron chi connectivity index (χ2n) is 10.1. The van der Waals surface area contributed by atoms with Crippen LogP contribution in [0.5, 0.6) is 0 Å². The Bertz CT molecular complexity index is 2040. The van der Waals surface area contributed by atoms with Crippen LogP contribution in [-0.4, -0.2) is 32.9 Å².